The highest BCUT2D eigenvalue weighted by molar-refractivity contribution is 6.42. The van der Waals surface area contributed by atoms with Crippen LogP contribution in [0.5, 0.6) is 5.75 Å². The van der Waals surface area contributed by atoms with Crippen molar-refractivity contribution in [2.45, 2.75) is 19.4 Å². The lowest BCUT2D eigenvalue weighted by molar-refractivity contribution is -0.385. The summed E-state index contributed by atoms with van der Waals surface area (Å²) in [6.45, 7) is 3.62. The number of hydrogen-bond acceptors (Lipinski definition) is 4. The molecule has 7 heteroatoms. The number of benzene rings is 1. The summed E-state index contributed by atoms with van der Waals surface area (Å²) in [5.74, 6) is 0.0583. The van der Waals surface area contributed by atoms with Crippen molar-refractivity contribution in [2.75, 3.05) is 6.61 Å². The predicted molar refractivity (Wildman–Crippen MR) is 66.9 cm³/mol. The highest BCUT2D eigenvalue weighted by Crippen LogP contribution is 2.35. The van der Waals surface area contributed by atoms with Gasteiger partial charge in [-0.1, -0.05) is 23.2 Å². The molecular formula is C10H12Cl2N2O3. The molecule has 0 fully saturated rings. The molecule has 0 saturated carbocycles. The molecule has 0 bridgehead atoms. The lowest BCUT2D eigenvalue weighted by Gasteiger charge is -2.19. The van der Waals surface area contributed by atoms with Gasteiger partial charge in [-0.25, -0.2) is 0 Å². The first-order chi connectivity index (χ1) is 7.70. The minimum atomic E-state index is -0.597. The fourth-order valence-electron chi connectivity index (χ4n) is 1.04. The number of nitrogens with two attached hydrogens (primary N) is 1. The van der Waals surface area contributed by atoms with Gasteiger partial charge >= 0.3 is 5.69 Å². The number of nitrogens with zero attached hydrogens (tertiary/aromatic N) is 1. The van der Waals surface area contributed by atoms with E-state index in [0.29, 0.717) is 0 Å². The van der Waals surface area contributed by atoms with E-state index in [2.05, 4.69) is 0 Å². The van der Waals surface area contributed by atoms with Gasteiger partial charge in [0.1, 0.15) is 6.61 Å². The van der Waals surface area contributed by atoms with Crippen molar-refractivity contribution in [3.8, 4) is 5.75 Å². The minimum Gasteiger partial charge on any atom is -0.485 e. The van der Waals surface area contributed by atoms with Crippen LogP contribution in [0.1, 0.15) is 13.8 Å². The van der Waals surface area contributed by atoms with E-state index in [9.17, 15) is 10.1 Å². The third-order valence-corrected chi connectivity index (χ3v) is 2.52. The Bertz CT molecular complexity index is 444. The smallest absolute Gasteiger partial charge is 0.312 e. The van der Waals surface area contributed by atoms with Gasteiger partial charge in [0.15, 0.2) is 5.75 Å². The van der Waals surface area contributed by atoms with Crippen molar-refractivity contribution in [3.63, 3.8) is 0 Å². The number of hydrogen-bond donors (Lipinski definition) is 1. The second-order valence-electron chi connectivity index (χ2n) is 4.27. The van der Waals surface area contributed by atoms with E-state index in [4.69, 9.17) is 33.7 Å². The number of ether oxygens (including phenoxy) is 1. The van der Waals surface area contributed by atoms with Crippen molar-refractivity contribution in [1.82, 2.24) is 0 Å². The Morgan fingerprint density at radius 3 is 2.41 bits per heavy atom. The van der Waals surface area contributed by atoms with Gasteiger partial charge in [-0.2, -0.15) is 0 Å². The summed E-state index contributed by atoms with van der Waals surface area (Å²) in [5.41, 5.74) is 4.89. The highest BCUT2D eigenvalue weighted by Gasteiger charge is 2.20. The topological polar surface area (TPSA) is 78.4 Å². The molecule has 1 rings (SSSR count). The van der Waals surface area contributed by atoms with Crippen molar-refractivity contribution in [3.05, 3.63) is 32.3 Å². The van der Waals surface area contributed by atoms with Crippen LogP contribution in [0.4, 0.5) is 5.69 Å². The van der Waals surface area contributed by atoms with Gasteiger partial charge in [0, 0.05) is 17.7 Å². The maximum absolute atomic E-state index is 10.8. The van der Waals surface area contributed by atoms with Crippen molar-refractivity contribution >= 4 is 28.9 Å². The molecule has 1 aromatic rings. The van der Waals surface area contributed by atoms with Crippen LogP contribution in [0, 0.1) is 10.1 Å². The van der Waals surface area contributed by atoms with E-state index in [1.165, 1.54) is 6.07 Å². The maximum atomic E-state index is 10.8. The maximum Gasteiger partial charge on any atom is 0.312 e. The first kappa shape index (κ1) is 14.0. The van der Waals surface area contributed by atoms with Crippen molar-refractivity contribution in [1.29, 1.82) is 0 Å². The van der Waals surface area contributed by atoms with Gasteiger partial charge < -0.3 is 10.5 Å². The second kappa shape index (κ2) is 5.08. The molecule has 17 heavy (non-hydrogen) atoms. The van der Waals surface area contributed by atoms with Gasteiger partial charge in [0.05, 0.1) is 15.0 Å². The molecule has 0 atom stereocenters. The van der Waals surface area contributed by atoms with E-state index in [-0.39, 0.29) is 28.1 Å². The summed E-state index contributed by atoms with van der Waals surface area (Å²) >= 11 is 11.5. The van der Waals surface area contributed by atoms with Crippen molar-refractivity contribution < 1.29 is 9.66 Å². The fourth-order valence-corrected chi connectivity index (χ4v) is 1.35. The lowest BCUT2D eigenvalue weighted by Crippen LogP contribution is -2.38. The van der Waals surface area contributed by atoms with Gasteiger partial charge in [-0.3, -0.25) is 10.1 Å². The molecule has 0 saturated heterocycles. The monoisotopic (exact) mass is 278 g/mol. The summed E-state index contributed by atoms with van der Waals surface area (Å²) in [6, 6.07) is 2.47. The zero-order valence-corrected chi connectivity index (χ0v) is 10.9. The molecule has 0 aliphatic rings. The molecule has 0 aliphatic carbocycles. The quantitative estimate of drug-likeness (QED) is 0.678. The first-order valence-corrected chi connectivity index (χ1v) is 5.51. The van der Waals surface area contributed by atoms with Crippen LogP contribution in [0.3, 0.4) is 0 Å². The molecule has 0 spiro atoms. The van der Waals surface area contributed by atoms with Crippen LogP contribution in [-0.4, -0.2) is 17.1 Å². The zero-order chi connectivity index (χ0) is 13.2. The molecule has 94 valence electrons. The normalized spacial score (nSPS) is 11.4. The number of nitro groups is 1. The predicted octanol–water partition coefficient (Wildman–Crippen LogP) is 3.02. The third-order valence-electron chi connectivity index (χ3n) is 1.80. The van der Waals surface area contributed by atoms with Crippen molar-refractivity contribution in [2.24, 2.45) is 5.73 Å². The third kappa shape index (κ3) is 4.03. The molecular weight excluding hydrogens is 267 g/mol. The average Bonchev–Trinajstić information content (AvgIpc) is 2.17. The fraction of sp³-hybridized carbons (Fsp3) is 0.400. The summed E-state index contributed by atoms with van der Waals surface area (Å²) in [5, 5.41) is 11.1. The van der Waals surface area contributed by atoms with Gasteiger partial charge in [-0.05, 0) is 13.8 Å². The number of rotatable bonds is 4. The summed E-state index contributed by atoms with van der Waals surface area (Å²) in [6.07, 6.45) is 0. The zero-order valence-electron chi connectivity index (χ0n) is 9.37. The van der Waals surface area contributed by atoms with E-state index >= 15 is 0 Å². The van der Waals surface area contributed by atoms with E-state index in [1.54, 1.807) is 13.8 Å². The Morgan fingerprint density at radius 1 is 1.41 bits per heavy atom. The number of halogens is 2. The van der Waals surface area contributed by atoms with E-state index in [1.807, 2.05) is 0 Å². The van der Waals surface area contributed by atoms with Crippen LogP contribution in [-0.2, 0) is 0 Å². The average molecular weight is 279 g/mol. The van der Waals surface area contributed by atoms with Crippen LogP contribution >= 0.6 is 23.2 Å². The van der Waals surface area contributed by atoms with Crippen LogP contribution in [0.25, 0.3) is 0 Å². The molecule has 0 radical (unpaired) electrons. The van der Waals surface area contributed by atoms with E-state index < -0.39 is 10.5 Å². The minimum absolute atomic E-state index is 0.0583. The lowest BCUT2D eigenvalue weighted by atomic mass is 10.1. The van der Waals surface area contributed by atoms with Crippen LogP contribution < -0.4 is 10.5 Å². The highest BCUT2D eigenvalue weighted by atomic mass is 35.5. The van der Waals surface area contributed by atoms with E-state index in [0.717, 1.165) is 6.07 Å². The largest absolute Gasteiger partial charge is 0.485 e. The Kier molecular flexibility index (Phi) is 4.19. The standard InChI is InChI=1S/C10H12Cl2N2O3/c1-10(2,13)5-17-9-4-7(12)6(11)3-8(9)14(15)16/h3-4H,5,13H2,1-2H3. The van der Waals surface area contributed by atoms with Gasteiger partial charge in [0.2, 0.25) is 0 Å². The molecule has 5 nitrogen and oxygen atoms in total. The summed E-state index contributed by atoms with van der Waals surface area (Å²) in [4.78, 5) is 10.2. The number of nitro benzene ring substituents is 1. The Hall–Kier alpha value is -1.04. The first-order valence-electron chi connectivity index (χ1n) is 4.76. The van der Waals surface area contributed by atoms with Crippen LogP contribution in [0.15, 0.2) is 12.1 Å². The molecule has 0 unspecified atom stereocenters. The van der Waals surface area contributed by atoms with Gasteiger partial charge in [-0.15, -0.1) is 0 Å². The summed E-state index contributed by atoms with van der Waals surface area (Å²) in [7, 11) is 0. The van der Waals surface area contributed by atoms with Gasteiger partial charge in [0.25, 0.3) is 0 Å². The second-order valence-corrected chi connectivity index (χ2v) is 5.08. The van der Waals surface area contributed by atoms with Crippen LogP contribution in [0.2, 0.25) is 10.0 Å². The molecule has 0 aromatic heterocycles. The molecule has 2 N–H and O–H groups in total. The Balaban J connectivity index is 3.05. The Labute approximate surface area is 109 Å². The molecule has 1 aromatic carbocycles. The Morgan fingerprint density at radius 2 is 1.94 bits per heavy atom. The SMILES string of the molecule is CC(C)(N)COc1cc(Cl)c(Cl)cc1[N+](=O)[O-]. The molecule has 0 aliphatic heterocycles. The summed E-state index contributed by atoms with van der Waals surface area (Å²) < 4.78 is 5.29. The molecule has 0 heterocycles. The molecule has 0 amide bonds.